The predicted octanol–water partition coefficient (Wildman–Crippen LogP) is 3.95. The van der Waals surface area contributed by atoms with E-state index in [1.165, 1.54) is 11.1 Å². The summed E-state index contributed by atoms with van der Waals surface area (Å²) in [5, 5.41) is 0. The molecule has 0 aromatic carbocycles. The van der Waals surface area contributed by atoms with Crippen molar-refractivity contribution in [1.29, 1.82) is 0 Å². The maximum absolute atomic E-state index is 4.03. The maximum Gasteiger partial charge on any atom is -0.0286 e. The van der Waals surface area contributed by atoms with E-state index >= 15 is 0 Å². The molecule has 0 radical (unpaired) electrons. The Morgan fingerprint density at radius 2 is 1.73 bits per heavy atom. The second-order valence-electron chi connectivity index (χ2n) is 3.81. The number of allylic oxidation sites excluding steroid dienone is 2. The standard InChI is InChI=1S/C11H20/c1-9(2)6-7-11(5)8-10(3)4/h10H,1,5-8H2,2-4H3. The van der Waals surface area contributed by atoms with Crippen molar-refractivity contribution >= 4 is 0 Å². The van der Waals surface area contributed by atoms with Crippen LogP contribution in [0, 0.1) is 5.92 Å². The molecule has 0 aliphatic heterocycles. The Labute approximate surface area is 71.0 Å². The van der Waals surface area contributed by atoms with Crippen molar-refractivity contribution in [3.63, 3.8) is 0 Å². The molecule has 0 spiro atoms. The van der Waals surface area contributed by atoms with Gasteiger partial charge in [-0.2, -0.15) is 0 Å². The fourth-order valence-electron chi connectivity index (χ4n) is 1.07. The average Bonchev–Trinajstić information content (AvgIpc) is 1.82. The van der Waals surface area contributed by atoms with E-state index in [0.717, 1.165) is 25.2 Å². The van der Waals surface area contributed by atoms with Gasteiger partial charge in [-0.25, -0.2) is 0 Å². The van der Waals surface area contributed by atoms with E-state index in [1.807, 2.05) is 0 Å². The third-order valence-electron chi connectivity index (χ3n) is 1.60. The molecule has 0 bridgehead atoms. The van der Waals surface area contributed by atoms with E-state index in [0.29, 0.717) is 0 Å². The van der Waals surface area contributed by atoms with Gasteiger partial charge in [0.25, 0.3) is 0 Å². The van der Waals surface area contributed by atoms with E-state index in [4.69, 9.17) is 0 Å². The molecular weight excluding hydrogens is 132 g/mol. The fraction of sp³-hybridized carbons (Fsp3) is 0.636. The summed E-state index contributed by atoms with van der Waals surface area (Å²) in [5.41, 5.74) is 2.62. The van der Waals surface area contributed by atoms with Crippen molar-refractivity contribution in [2.45, 2.75) is 40.0 Å². The SMILES string of the molecule is C=C(C)CCC(=C)CC(C)C. The van der Waals surface area contributed by atoms with Gasteiger partial charge in [-0.3, -0.25) is 0 Å². The Hall–Kier alpha value is -0.520. The zero-order chi connectivity index (χ0) is 8.85. The van der Waals surface area contributed by atoms with Crippen molar-refractivity contribution in [3.8, 4) is 0 Å². The average molecular weight is 152 g/mol. The summed E-state index contributed by atoms with van der Waals surface area (Å²) in [6, 6.07) is 0. The topological polar surface area (TPSA) is 0 Å². The molecule has 0 aliphatic rings. The zero-order valence-electron chi connectivity index (χ0n) is 8.11. The summed E-state index contributed by atoms with van der Waals surface area (Å²) in [6.07, 6.45) is 3.38. The molecule has 64 valence electrons. The smallest absolute Gasteiger partial charge is 0.0286 e. The minimum absolute atomic E-state index is 0.743. The van der Waals surface area contributed by atoms with Gasteiger partial charge in [-0.1, -0.05) is 31.6 Å². The normalized spacial score (nSPS) is 10.2. The molecule has 0 amide bonds. The lowest BCUT2D eigenvalue weighted by Crippen LogP contribution is -1.90. The summed E-state index contributed by atoms with van der Waals surface area (Å²) in [6.45, 7) is 14.4. The third-order valence-corrected chi connectivity index (χ3v) is 1.60. The highest BCUT2D eigenvalue weighted by atomic mass is 14.0. The molecule has 0 saturated carbocycles. The lowest BCUT2D eigenvalue weighted by Gasteiger charge is -2.07. The molecular formula is C11H20. The van der Waals surface area contributed by atoms with Crippen molar-refractivity contribution in [3.05, 3.63) is 24.3 Å². The summed E-state index contributed by atoms with van der Waals surface area (Å²) in [5.74, 6) is 0.743. The molecule has 0 aliphatic carbocycles. The van der Waals surface area contributed by atoms with E-state index in [-0.39, 0.29) is 0 Å². The Morgan fingerprint density at radius 3 is 2.09 bits per heavy atom. The van der Waals surface area contributed by atoms with Gasteiger partial charge in [-0.15, -0.1) is 6.58 Å². The predicted molar refractivity (Wildman–Crippen MR) is 52.6 cm³/mol. The first-order valence-corrected chi connectivity index (χ1v) is 4.33. The van der Waals surface area contributed by atoms with Crippen LogP contribution >= 0.6 is 0 Å². The van der Waals surface area contributed by atoms with Crippen molar-refractivity contribution in [1.82, 2.24) is 0 Å². The number of hydrogen-bond acceptors (Lipinski definition) is 0. The lowest BCUT2D eigenvalue weighted by molar-refractivity contribution is 0.625. The van der Waals surface area contributed by atoms with Gasteiger partial charge >= 0.3 is 0 Å². The highest BCUT2D eigenvalue weighted by Crippen LogP contribution is 2.15. The van der Waals surface area contributed by atoms with Gasteiger partial charge in [0.2, 0.25) is 0 Å². The maximum atomic E-state index is 4.03. The second kappa shape index (κ2) is 5.17. The van der Waals surface area contributed by atoms with Gasteiger partial charge in [0.05, 0.1) is 0 Å². The van der Waals surface area contributed by atoms with Crippen LogP contribution in [0.1, 0.15) is 40.0 Å². The van der Waals surface area contributed by atoms with Crippen LogP contribution in [0.15, 0.2) is 24.3 Å². The van der Waals surface area contributed by atoms with Gasteiger partial charge < -0.3 is 0 Å². The van der Waals surface area contributed by atoms with Crippen LogP contribution in [0.2, 0.25) is 0 Å². The Bertz CT molecular complexity index is 140. The van der Waals surface area contributed by atoms with Gasteiger partial charge in [0, 0.05) is 0 Å². The van der Waals surface area contributed by atoms with E-state index in [9.17, 15) is 0 Å². The molecule has 0 unspecified atom stereocenters. The zero-order valence-corrected chi connectivity index (χ0v) is 8.11. The Balaban J connectivity index is 3.45. The quantitative estimate of drug-likeness (QED) is 0.523. The van der Waals surface area contributed by atoms with Crippen LogP contribution < -0.4 is 0 Å². The summed E-state index contributed by atoms with van der Waals surface area (Å²) in [4.78, 5) is 0. The molecule has 0 atom stereocenters. The molecule has 0 heteroatoms. The van der Waals surface area contributed by atoms with Crippen LogP contribution in [0.25, 0.3) is 0 Å². The molecule has 11 heavy (non-hydrogen) atoms. The monoisotopic (exact) mass is 152 g/mol. The first kappa shape index (κ1) is 10.5. The molecule has 0 aromatic rings. The molecule has 0 aromatic heterocycles. The third kappa shape index (κ3) is 7.38. The van der Waals surface area contributed by atoms with Crippen molar-refractivity contribution in [2.75, 3.05) is 0 Å². The Morgan fingerprint density at radius 1 is 1.18 bits per heavy atom. The van der Waals surface area contributed by atoms with Gasteiger partial charge in [-0.05, 0) is 32.1 Å². The van der Waals surface area contributed by atoms with E-state index in [1.54, 1.807) is 0 Å². The molecule has 0 saturated heterocycles. The number of rotatable bonds is 5. The van der Waals surface area contributed by atoms with Crippen LogP contribution in [-0.4, -0.2) is 0 Å². The molecule has 0 fully saturated rings. The van der Waals surface area contributed by atoms with Gasteiger partial charge in [0.1, 0.15) is 0 Å². The number of hydrogen-bond donors (Lipinski definition) is 0. The molecule has 0 heterocycles. The highest BCUT2D eigenvalue weighted by molar-refractivity contribution is 5.00. The molecule has 0 N–H and O–H groups in total. The van der Waals surface area contributed by atoms with Crippen molar-refractivity contribution < 1.29 is 0 Å². The largest absolute Gasteiger partial charge is 0.100 e. The van der Waals surface area contributed by atoms with Gasteiger partial charge in [0.15, 0.2) is 0 Å². The summed E-state index contributed by atoms with van der Waals surface area (Å²) in [7, 11) is 0. The van der Waals surface area contributed by atoms with Crippen LogP contribution in [0.3, 0.4) is 0 Å². The first-order chi connectivity index (χ1) is 5.02. The summed E-state index contributed by atoms with van der Waals surface area (Å²) >= 11 is 0. The first-order valence-electron chi connectivity index (χ1n) is 4.33. The molecule has 0 nitrogen and oxygen atoms in total. The minimum Gasteiger partial charge on any atom is -0.100 e. The highest BCUT2D eigenvalue weighted by Gasteiger charge is 1.98. The van der Waals surface area contributed by atoms with E-state index < -0.39 is 0 Å². The van der Waals surface area contributed by atoms with Crippen LogP contribution in [0.4, 0.5) is 0 Å². The second-order valence-corrected chi connectivity index (χ2v) is 3.81. The van der Waals surface area contributed by atoms with E-state index in [2.05, 4.69) is 33.9 Å². The minimum atomic E-state index is 0.743. The van der Waals surface area contributed by atoms with Crippen molar-refractivity contribution in [2.24, 2.45) is 5.92 Å². The van der Waals surface area contributed by atoms with Crippen LogP contribution in [-0.2, 0) is 0 Å². The Kier molecular flexibility index (Phi) is 4.93. The lowest BCUT2D eigenvalue weighted by atomic mass is 9.99. The van der Waals surface area contributed by atoms with Crippen LogP contribution in [0.5, 0.6) is 0 Å². The molecule has 0 rings (SSSR count). The fourth-order valence-corrected chi connectivity index (χ4v) is 1.07. The summed E-state index contributed by atoms with van der Waals surface area (Å²) < 4.78 is 0.